The van der Waals surface area contributed by atoms with Gasteiger partial charge in [0.2, 0.25) is 5.91 Å². The van der Waals surface area contributed by atoms with E-state index in [2.05, 4.69) is 50.0 Å². The first-order valence-electron chi connectivity index (χ1n) is 12.0. The fourth-order valence-corrected chi connectivity index (χ4v) is 4.44. The molecule has 6 rings (SSSR count). The molecule has 0 atom stereocenters. The molecule has 1 N–H and O–H groups in total. The SMILES string of the molecule is CN1CCN(c2cc(C3CC3)cn3cc(COc4ccnc(NC(=O)C5CC5)c4)nc23)CC1. The van der Waals surface area contributed by atoms with Gasteiger partial charge in [-0.1, -0.05) is 0 Å². The molecule has 0 unspecified atom stereocenters. The number of anilines is 2. The van der Waals surface area contributed by atoms with Gasteiger partial charge in [-0.2, -0.15) is 0 Å². The molecule has 2 saturated carbocycles. The van der Waals surface area contributed by atoms with Gasteiger partial charge in [0.15, 0.2) is 5.65 Å². The van der Waals surface area contributed by atoms with Gasteiger partial charge in [0.05, 0.1) is 11.4 Å². The molecule has 4 heterocycles. The van der Waals surface area contributed by atoms with Gasteiger partial charge in [0.25, 0.3) is 0 Å². The number of amides is 1. The lowest BCUT2D eigenvalue weighted by Crippen LogP contribution is -2.44. The molecule has 3 aromatic rings. The van der Waals surface area contributed by atoms with E-state index < -0.39 is 0 Å². The van der Waals surface area contributed by atoms with E-state index in [1.54, 1.807) is 12.3 Å². The molecule has 3 aliphatic rings. The minimum atomic E-state index is 0.0444. The lowest BCUT2D eigenvalue weighted by molar-refractivity contribution is -0.117. The largest absolute Gasteiger partial charge is 0.487 e. The number of imidazole rings is 1. The van der Waals surface area contributed by atoms with Crippen LogP contribution in [-0.2, 0) is 11.4 Å². The van der Waals surface area contributed by atoms with E-state index in [9.17, 15) is 4.79 Å². The van der Waals surface area contributed by atoms with Crippen LogP contribution in [0.1, 0.15) is 42.9 Å². The Morgan fingerprint density at radius 3 is 2.70 bits per heavy atom. The van der Waals surface area contributed by atoms with Crippen molar-refractivity contribution in [2.24, 2.45) is 5.92 Å². The molecule has 8 heteroatoms. The number of pyridine rings is 2. The molecule has 172 valence electrons. The number of piperazine rings is 1. The average molecular weight is 447 g/mol. The third-order valence-electron chi connectivity index (χ3n) is 6.81. The summed E-state index contributed by atoms with van der Waals surface area (Å²) >= 11 is 0. The Balaban J connectivity index is 1.21. The van der Waals surface area contributed by atoms with Crippen molar-refractivity contribution >= 4 is 23.1 Å². The molecule has 0 radical (unpaired) electrons. The van der Waals surface area contributed by atoms with E-state index in [1.807, 2.05) is 6.07 Å². The minimum absolute atomic E-state index is 0.0444. The molecular weight excluding hydrogens is 416 g/mol. The highest BCUT2D eigenvalue weighted by Crippen LogP contribution is 2.42. The number of fused-ring (bicyclic) bond motifs is 1. The van der Waals surface area contributed by atoms with Crippen molar-refractivity contribution in [3.63, 3.8) is 0 Å². The number of nitrogens with zero attached hydrogens (tertiary/aromatic N) is 5. The van der Waals surface area contributed by atoms with E-state index in [-0.39, 0.29) is 11.8 Å². The third-order valence-corrected chi connectivity index (χ3v) is 6.81. The molecule has 2 aliphatic carbocycles. The van der Waals surface area contributed by atoms with E-state index >= 15 is 0 Å². The Kier molecular flexibility index (Phi) is 5.17. The molecule has 1 amide bonds. The predicted octanol–water partition coefficient (Wildman–Crippen LogP) is 3.29. The molecule has 0 spiro atoms. The van der Waals surface area contributed by atoms with Crippen LogP contribution < -0.4 is 15.0 Å². The zero-order valence-corrected chi connectivity index (χ0v) is 19.0. The maximum atomic E-state index is 12.0. The Morgan fingerprint density at radius 2 is 1.94 bits per heavy atom. The quantitative estimate of drug-likeness (QED) is 0.600. The van der Waals surface area contributed by atoms with Crippen LogP contribution in [0, 0.1) is 5.92 Å². The van der Waals surface area contributed by atoms with Gasteiger partial charge in [0.1, 0.15) is 18.2 Å². The number of aromatic nitrogens is 3. The molecule has 0 aromatic carbocycles. The number of carbonyl (C=O) groups excluding carboxylic acids is 1. The number of ether oxygens (including phenoxy) is 1. The smallest absolute Gasteiger partial charge is 0.228 e. The monoisotopic (exact) mass is 446 g/mol. The van der Waals surface area contributed by atoms with Crippen molar-refractivity contribution in [3.8, 4) is 5.75 Å². The molecule has 1 saturated heterocycles. The van der Waals surface area contributed by atoms with Crippen molar-refractivity contribution in [2.75, 3.05) is 43.4 Å². The first kappa shape index (κ1) is 20.5. The van der Waals surface area contributed by atoms with Crippen molar-refractivity contribution < 1.29 is 9.53 Å². The number of hydrogen-bond donors (Lipinski definition) is 1. The summed E-state index contributed by atoms with van der Waals surface area (Å²) in [6, 6.07) is 5.94. The predicted molar refractivity (Wildman–Crippen MR) is 127 cm³/mol. The van der Waals surface area contributed by atoms with E-state index in [0.717, 1.165) is 50.4 Å². The second kappa shape index (κ2) is 8.33. The van der Waals surface area contributed by atoms with Gasteiger partial charge < -0.3 is 24.3 Å². The second-order valence-electron chi connectivity index (χ2n) is 9.62. The van der Waals surface area contributed by atoms with Crippen LogP contribution in [0.15, 0.2) is 36.8 Å². The fraction of sp³-hybridized carbons (Fsp3) is 0.480. The van der Waals surface area contributed by atoms with Crippen molar-refractivity contribution in [1.29, 1.82) is 0 Å². The molecule has 8 nitrogen and oxygen atoms in total. The number of likely N-dealkylation sites (N-methyl/N-ethyl adjacent to an activating group) is 1. The van der Waals surface area contributed by atoms with Crippen LogP contribution in [0.2, 0.25) is 0 Å². The Bertz CT molecular complexity index is 1170. The molecular formula is C25H30N6O2. The Hall–Kier alpha value is -3.13. The van der Waals surface area contributed by atoms with Gasteiger partial charge in [-0.3, -0.25) is 4.79 Å². The number of nitrogens with one attached hydrogen (secondary N) is 1. The van der Waals surface area contributed by atoms with Crippen LogP contribution in [0.4, 0.5) is 11.5 Å². The van der Waals surface area contributed by atoms with Gasteiger partial charge in [0, 0.05) is 56.8 Å². The van der Waals surface area contributed by atoms with Crippen LogP contribution in [-0.4, -0.2) is 58.4 Å². The third kappa shape index (κ3) is 4.53. The first-order valence-corrected chi connectivity index (χ1v) is 12.0. The highest BCUT2D eigenvalue weighted by atomic mass is 16.5. The van der Waals surface area contributed by atoms with Gasteiger partial charge in [-0.15, -0.1) is 0 Å². The normalized spacial score (nSPS) is 19.1. The van der Waals surface area contributed by atoms with Crippen LogP contribution >= 0.6 is 0 Å². The molecule has 33 heavy (non-hydrogen) atoms. The van der Waals surface area contributed by atoms with Crippen molar-refractivity contribution in [1.82, 2.24) is 19.3 Å². The molecule has 3 fully saturated rings. The summed E-state index contributed by atoms with van der Waals surface area (Å²) in [6.07, 6.45) is 10.5. The maximum Gasteiger partial charge on any atom is 0.228 e. The van der Waals surface area contributed by atoms with Crippen LogP contribution in [0.3, 0.4) is 0 Å². The van der Waals surface area contributed by atoms with Crippen LogP contribution in [0.5, 0.6) is 5.75 Å². The second-order valence-corrected chi connectivity index (χ2v) is 9.62. The number of rotatable bonds is 7. The van der Waals surface area contributed by atoms with E-state index in [0.29, 0.717) is 24.1 Å². The molecule has 3 aromatic heterocycles. The fourth-order valence-electron chi connectivity index (χ4n) is 4.44. The van der Waals surface area contributed by atoms with Crippen molar-refractivity contribution in [2.45, 2.75) is 38.2 Å². The lowest BCUT2D eigenvalue weighted by Gasteiger charge is -2.34. The van der Waals surface area contributed by atoms with Crippen molar-refractivity contribution in [3.05, 3.63) is 48.0 Å². The summed E-state index contributed by atoms with van der Waals surface area (Å²) < 4.78 is 8.20. The number of carbonyl (C=O) groups is 1. The van der Waals surface area contributed by atoms with Gasteiger partial charge >= 0.3 is 0 Å². The zero-order chi connectivity index (χ0) is 22.4. The van der Waals surface area contributed by atoms with Gasteiger partial charge in [-0.05, 0) is 56.3 Å². The summed E-state index contributed by atoms with van der Waals surface area (Å²) in [5.74, 6) is 2.08. The average Bonchev–Trinajstić information content (AvgIpc) is 3.74. The summed E-state index contributed by atoms with van der Waals surface area (Å²) in [6.45, 7) is 4.54. The zero-order valence-electron chi connectivity index (χ0n) is 19.0. The van der Waals surface area contributed by atoms with Gasteiger partial charge in [-0.25, -0.2) is 9.97 Å². The molecule has 1 aliphatic heterocycles. The minimum Gasteiger partial charge on any atom is -0.487 e. The summed E-state index contributed by atoms with van der Waals surface area (Å²) in [4.78, 5) is 26.0. The Labute approximate surface area is 193 Å². The van der Waals surface area contributed by atoms with E-state index in [4.69, 9.17) is 9.72 Å². The Morgan fingerprint density at radius 1 is 1.12 bits per heavy atom. The van der Waals surface area contributed by atoms with Crippen LogP contribution in [0.25, 0.3) is 5.65 Å². The molecule has 0 bridgehead atoms. The number of hydrogen-bond acceptors (Lipinski definition) is 6. The maximum absolute atomic E-state index is 12.0. The topological polar surface area (TPSA) is 75.0 Å². The first-order chi connectivity index (χ1) is 16.1. The highest BCUT2D eigenvalue weighted by Gasteiger charge is 2.30. The summed E-state index contributed by atoms with van der Waals surface area (Å²) in [5, 5.41) is 2.87. The summed E-state index contributed by atoms with van der Waals surface area (Å²) in [5.41, 5.74) is 4.52. The van der Waals surface area contributed by atoms with E-state index in [1.165, 1.54) is 24.1 Å². The lowest BCUT2D eigenvalue weighted by atomic mass is 10.1. The standard InChI is InChI=1S/C25H30N6O2/c1-29-8-10-30(11-9-29)22-12-19(17-2-3-17)14-31-15-20(27-24(22)31)16-33-21-6-7-26-23(13-21)28-25(32)18-4-5-18/h6-7,12-15,17-18H,2-5,8-11,16H2,1H3,(H,26,28,32). The summed E-state index contributed by atoms with van der Waals surface area (Å²) in [7, 11) is 2.18. The highest BCUT2D eigenvalue weighted by molar-refractivity contribution is 5.93.